The second-order valence-corrected chi connectivity index (χ2v) is 15.4. The smallest absolute Gasteiger partial charge is 0.339 e. The Morgan fingerprint density at radius 2 is 1.40 bits per heavy atom. The molecule has 2 aromatic carbocycles. The van der Waals surface area contributed by atoms with Crippen molar-refractivity contribution in [1.29, 1.82) is 0 Å². The molecule has 0 saturated carbocycles. The lowest BCUT2D eigenvalue weighted by atomic mass is 9.63. The van der Waals surface area contributed by atoms with E-state index in [0.717, 1.165) is 11.4 Å². The van der Waals surface area contributed by atoms with E-state index in [1.807, 2.05) is 6.92 Å². The minimum atomic E-state index is -4.28. The minimum absolute atomic E-state index is 0.00129. The SMILES string of the molecule is CCOc1cc(C2C3=C(CC(C)(C)CC3=O)N(CC)C3=C2C(=O)CC(C)(C)C3)cc(Cl)c1OS(=O)(=O)c1ccc(Cl)cc1. The number of rotatable bonds is 7. The second-order valence-electron chi connectivity index (χ2n) is 13.0. The molecule has 1 heterocycles. The fourth-order valence-electron chi connectivity index (χ4n) is 6.62. The minimum Gasteiger partial charge on any atom is -0.490 e. The van der Waals surface area contributed by atoms with Gasteiger partial charge in [-0.15, -0.1) is 0 Å². The Kier molecular flexibility index (Phi) is 8.29. The maximum atomic E-state index is 13.9. The predicted octanol–water partition coefficient (Wildman–Crippen LogP) is 7.87. The number of ether oxygens (including phenoxy) is 1. The monoisotopic (exact) mass is 645 g/mol. The highest BCUT2D eigenvalue weighted by atomic mass is 35.5. The van der Waals surface area contributed by atoms with Crippen molar-refractivity contribution >= 4 is 44.9 Å². The van der Waals surface area contributed by atoms with Gasteiger partial charge >= 0.3 is 10.1 Å². The number of carbonyl (C=O) groups excluding carboxylic acids is 2. The molecule has 5 rings (SSSR count). The van der Waals surface area contributed by atoms with Gasteiger partial charge in [0.1, 0.15) is 4.90 Å². The van der Waals surface area contributed by atoms with Crippen LogP contribution in [0.1, 0.15) is 78.7 Å². The van der Waals surface area contributed by atoms with Crippen LogP contribution in [-0.4, -0.2) is 38.0 Å². The van der Waals surface area contributed by atoms with Crippen LogP contribution < -0.4 is 8.92 Å². The average Bonchev–Trinajstić information content (AvgIpc) is 2.88. The second kappa shape index (κ2) is 11.3. The van der Waals surface area contributed by atoms with Crippen LogP contribution in [-0.2, 0) is 19.7 Å². The molecule has 0 fully saturated rings. The molecule has 10 heteroatoms. The Hall–Kier alpha value is -2.81. The third kappa shape index (κ3) is 5.98. The maximum absolute atomic E-state index is 13.9. The normalized spacial score (nSPS) is 20.2. The van der Waals surface area contributed by atoms with Crippen molar-refractivity contribution < 1.29 is 26.9 Å². The van der Waals surface area contributed by atoms with Gasteiger partial charge in [0, 0.05) is 52.9 Å². The van der Waals surface area contributed by atoms with Gasteiger partial charge in [-0.25, -0.2) is 0 Å². The van der Waals surface area contributed by atoms with E-state index in [1.54, 1.807) is 19.1 Å². The van der Waals surface area contributed by atoms with Gasteiger partial charge < -0.3 is 13.8 Å². The van der Waals surface area contributed by atoms with Crippen LogP contribution in [0.15, 0.2) is 63.8 Å². The van der Waals surface area contributed by atoms with Gasteiger partial charge in [-0.3, -0.25) is 9.59 Å². The Balaban J connectivity index is 1.70. The molecular weight excluding hydrogens is 609 g/mol. The first-order valence-electron chi connectivity index (χ1n) is 14.5. The lowest BCUT2D eigenvalue weighted by Gasteiger charge is -2.49. The molecule has 0 aromatic heterocycles. The van der Waals surface area contributed by atoms with Crippen molar-refractivity contribution in [3.63, 3.8) is 0 Å². The summed E-state index contributed by atoms with van der Waals surface area (Å²) in [5.74, 6) is -0.711. The van der Waals surface area contributed by atoms with Crippen LogP contribution in [0.5, 0.6) is 11.5 Å². The van der Waals surface area contributed by atoms with Crippen molar-refractivity contribution in [2.45, 2.75) is 78.0 Å². The molecule has 0 N–H and O–H groups in total. The Bertz CT molecular complexity index is 1620. The summed E-state index contributed by atoms with van der Waals surface area (Å²) in [7, 11) is -4.28. The molecule has 0 saturated heterocycles. The van der Waals surface area contributed by atoms with Gasteiger partial charge in [-0.2, -0.15) is 8.42 Å². The fraction of sp³-hybridized carbons (Fsp3) is 0.455. The van der Waals surface area contributed by atoms with Gasteiger partial charge in [0.05, 0.1) is 11.6 Å². The first kappa shape index (κ1) is 31.6. The zero-order chi connectivity index (χ0) is 31.5. The Labute approximate surface area is 264 Å². The predicted molar refractivity (Wildman–Crippen MR) is 167 cm³/mol. The van der Waals surface area contributed by atoms with Crippen LogP contribution in [0.25, 0.3) is 0 Å². The highest BCUT2D eigenvalue weighted by Gasteiger charge is 2.49. The van der Waals surface area contributed by atoms with E-state index in [0.29, 0.717) is 54.0 Å². The third-order valence-electron chi connectivity index (χ3n) is 8.30. The highest BCUT2D eigenvalue weighted by Crippen LogP contribution is 2.55. The number of benzene rings is 2. The first-order valence-corrected chi connectivity index (χ1v) is 16.7. The number of halogens is 2. The molecule has 7 nitrogen and oxygen atoms in total. The largest absolute Gasteiger partial charge is 0.490 e. The van der Waals surface area contributed by atoms with Gasteiger partial charge in [-0.1, -0.05) is 50.9 Å². The summed E-state index contributed by atoms with van der Waals surface area (Å²) >= 11 is 12.7. The molecule has 0 atom stereocenters. The number of Topliss-reactive ketones (excluding diaryl/α,β-unsaturated/α-hetero) is 2. The van der Waals surface area contributed by atoms with Crippen LogP contribution in [0.3, 0.4) is 0 Å². The van der Waals surface area contributed by atoms with E-state index in [-0.39, 0.29) is 50.4 Å². The number of hydrogen-bond acceptors (Lipinski definition) is 7. The van der Waals surface area contributed by atoms with E-state index in [4.69, 9.17) is 32.1 Å². The number of allylic oxidation sites excluding steroid dienone is 4. The van der Waals surface area contributed by atoms with Crippen LogP contribution in [0, 0.1) is 10.8 Å². The topological polar surface area (TPSA) is 90.0 Å². The molecule has 0 bridgehead atoms. The van der Waals surface area contributed by atoms with Crippen molar-refractivity contribution in [2.75, 3.05) is 13.2 Å². The van der Waals surface area contributed by atoms with Crippen LogP contribution in [0.4, 0.5) is 0 Å². The van der Waals surface area contributed by atoms with Gasteiger partial charge in [0.15, 0.2) is 17.3 Å². The maximum Gasteiger partial charge on any atom is 0.339 e. The Morgan fingerprint density at radius 1 is 0.860 bits per heavy atom. The van der Waals surface area contributed by atoms with E-state index in [2.05, 4.69) is 32.6 Å². The summed E-state index contributed by atoms with van der Waals surface area (Å²) in [4.78, 5) is 30.0. The van der Waals surface area contributed by atoms with Crippen molar-refractivity contribution in [1.82, 2.24) is 4.90 Å². The zero-order valence-corrected chi connectivity index (χ0v) is 27.7. The molecule has 0 amide bonds. The molecule has 230 valence electrons. The summed E-state index contributed by atoms with van der Waals surface area (Å²) in [6.45, 7) is 13.0. The number of carbonyl (C=O) groups is 2. The lowest BCUT2D eigenvalue weighted by Crippen LogP contribution is -2.44. The lowest BCUT2D eigenvalue weighted by molar-refractivity contribution is -0.119. The molecule has 0 spiro atoms. The van der Waals surface area contributed by atoms with Crippen LogP contribution >= 0.6 is 23.2 Å². The van der Waals surface area contributed by atoms with E-state index < -0.39 is 16.0 Å². The summed E-state index contributed by atoms with van der Waals surface area (Å²) in [5, 5.41) is 0.377. The summed E-state index contributed by atoms with van der Waals surface area (Å²) < 4.78 is 37.8. The van der Waals surface area contributed by atoms with Gasteiger partial charge in [-0.05, 0) is 79.5 Å². The summed E-state index contributed by atoms with van der Waals surface area (Å²) in [6, 6.07) is 8.85. The molecule has 0 unspecified atom stereocenters. The number of ketones is 2. The fourth-order valence-corrected chi connectivity index (χ4v) is 8.01. The van der Waals surface area contributed by atoms with E-state index in [1.165, 1.54) is 24.3 Å². The zero-order valence-electron chi connectivity index (χ0n) is 25.3. The average molecular weight is 647 g/mol. The molecule has 2 aromatic rings. The van der Waals surface area contributed by atoms with E-state index >= 15 is 0 Å². The third-order valence-corrected chi connectivity index (χ3v) is 10.1. The van der Waals surface area contributed by atoms with Gasteiger partial charge in [0.2, 0.25) is 5.75 Å². The molecule has 0 radical (unpaired) electrons. The summed E-state index contributed by atoms with van der Waals surface area (Å²) in [5.41, 5.74) is 3.21. The number of hydrogen-bond donors (Lipinski definition) is 0. The standard InChI is InChI=1S/C33H37Cl2NO6S/c1-7-36-23-15-32(3,4)17-25(37)29(23)28(30-24(36)16-33(5,6)18-26(30)38)19-13-22(35)31(27(14-19)41-8-2)42-43(39,40)21-11-9-20(34)10-12-21/h9-14,28H,7-8,15-18H2,1-6H3. The van der Waals surface area contributed by atoms with E-state index in [9.17, 15) is 18.0 Å². The number of nitrogens with zero attached hydrogens (tertiary/aromatic N) is 1. The van der Waals surface area contributed by atoms with Crippen LogP contribution in [0.2, 0.25) is 10.0 Å². The highest BCUT2D eigenvalue weighted by molar-refractivity contribution is 7.87. The molecule has 2 aliphatic carbocycles. The van der Waals surface area contributed by atoms with Crippen molar-refractivity contribution in [3.05, 3.63) is 74.5 Å². The molecule has 1 aliphatic heterocycles. The molecule has 43 heavy (non-hydrogen) atoms. The quantitative estimate of drug-likeness (QED) is 0.283. The van der Waals surface area contributed by atoms with Crippen molar-refractivity contribution in [2.24, 2.45) is 10.8 Å². The molecular formula is C33H37Cl2NO6S. The van der Waals surface area contributed by atoms with Crippen molar-refractivity contribution in [3.8, 4) is 11.5 Å². The Morgan fingerprint density at radius 3 is 1.88 bits per heavy atom. The molecule has 3 aliphatic rings. The summed E-state index contributed by atoms with van der Waals surface area (Å²) in [6.07, 6.45) is 2.09. The van der Waals surface area contributed by atoms with Gasteiger partial charge in [0.25, 0.3) is 0 Å². The first-order chi connectivity index (χ1) is 20.1.